The smallest absolute Gasteiger partial charge is 0.379 e. The van der Waals surface area contributed by atoms with E-state index < -0.39 is 21.3 Å². The van der Waals surface area contributed by atoms with E-state index in [-0.39, 0.29) is 6.54 Å². The maximum atomic E-state index is 11.2. The SMILES string of the molecule is O=P(O)(O)OP(=O)(O)C(O)Cn1ccnc1. The van der Waals surface area contributed by atoms with E-state index in [9.17, 15) is 14.2 Å². The molecule has 0 bridgehead atoms. The summed E-state index contributed by atoms with van der Waals surface area (Å²) in [6.45, 7) is -0.367. The van der Waals surface area contributed by atoms with Crippen molar-refractivity contribution < 1.29 is 33.2 Å². The van der Waals surface area contributed by atoms with Crippen molar-refractivity contribution in [3.8, 4) is 0 Å². The van der Waals surface area contributed by atoms with E-state index in [1.54, 1.807) is 0 Å². The van der Waals surface area contributed by atoms with E-state index >= 15 is 0 Å². The largest absolute Gasteiger partial charge is 0.476 e. The van der Waals surface area contributed by atoms with Crippen molar-refractivity contribution >= 4 is 15.4 Å². The van der Waals surface area contributed by atoms with E-state index in [1.165, 1.54) is 23.3 Å². The quantitative estimate of drug-likeness (QED) is 0.525. The van der Waals surface area contributed by atoms with Gasteiger partial charge in [0, 0.05) is 12.4 Å². The molecule has 16 heavy (non-hydrogen) atoms. The number of imidazole rings is 1. The molecule has 2 unspecified atom stereocenters. The van der Waals surface area contributed by atoms with Crippen molar-refractivity contribution in [1.29, 1.82) is 0 Å². The molecule has 4 N–H and O–H groups in total. The second-order valence-corrected chi connectivity index (χ2v) is 6.24. The van der Waals surface area contributed by atoms with Crippen LogP contribution >= 0.6 is 15.4 Å². The van der Waals surface area contributed by atoms with Gasteiger partial charge in [-0.2, -0.15) is 0 Å². The molecular formula is C5H10N2O7P2. The van der Waals surface area contributed by atoms with Gasteiger partial charge in [-0.25, -0.2) is 13.9 Å². The minimum atomic E-state index is -5.13. The van der Waals surface area contributed by atoms with Crippen LogP contribution in [-0.4, -0.2) is 35.2 Å². The molecule has 0 radical (unpaired) electrons. The summed E-state index contributed by atoms with van der Waals surface area (Å²) in [5, 5.41) is 9.28. The fourth-order valence-electron chi connectivity index (χ4n) is 0.893. The normalized spacial score (nSPS) is 18.0. The topological polar surface area (TPSA) is 142 Å². The fraction of sp³-hybridized carbons (Fsp3) is 0.400. The van der Waals surface area contributed by atoms with Gasteiger partial charge in [0.25, 0.3) is 0 Å². The van der Waals surface area contributed by atoms with Crippen LogP contribution in [0.4, 0.5) is 0 Å². The van der Waals surface area contributed by atoms with Gasteiger partial charge in [0.2, 0.25) is 0 Å². The number of nitrogens with zero attached hydrogens (tertiary/aromatic N) is 2. The van der Waals surface area contributed by atoms with Crippen molar-refractivity contribution in [2.75, 3.05) is 0 Å². The summed E-state index contributed by atoms with van der Waals surface area (Å²) >= 11 is 0. The fourth-order valence-corrected chi connectivity index (χ4v) is 2.94. The molecule has 0 saturated carbocycles. The van der Waals surface area contributed by atoms with Gasteiger partial charge in [-0.1, -0.05) is 0 Å². The molecule has 9 nitrogen and oxygen atoms in total. The Balaban J connectivity index is 2.69. The van der Waals surface area contributed by atoms with Crippen LogP contribution < -0.4 is 0 Å². The number of aliphatic hydroxyl groups is 1. The van der Waals surface area contributed by atoms with Crippen LogP contribution in [0.15, 0.2) is 18.7 Å². The van der Waals surface area contributed by atoms with Crippen molar-refractivity contribution in [3.05, 3.63) is 18.7 Å². The summed E-state index contributed by atoms with van der Waals surface area (Å²) in [6, 6.07) is 0. The Hall–Kier alpha value is -0.530. The van der Waals surface area contributed by atoms with E-state index in [0.29, 0.717) is 0 Å². The van der Waals surface area contributed by atoms with E-state index in [4.69, 9.17) is 14.7 Å². The van der Waals surface area contributed by atoms with Crippen LogP contribution in [0.25, 0.3) is 0 Å². The Bertz CT molecular complexity index is 426. The summed E-state index contributed by atoms with van der Waals surface area (Å²) < 4.78 is 26.5. The molecule has 11 heteroatoms. The van der Waals surface area contributed by atoms with Crippen molar-refractivity contribution in [2.45, 2.75) is 12.4 Å². The van der Waals surface area contributed by atoms with Crippen LogP contribution in [0.1, 0.15) is 0 Å². The molecule has 0 aliphatic heterocycles. The zero-order chi connectivity index (χ0) is 12.4. The number of aromatic nitrogens is 2. The van der Waals surface area contributed by atoms with E-state index in [0.717, 1.165) is 0 Å². The first-order chi connectivity index (χ1) is 7.21. The summed E-state index contributed by atoms with van der Waals surface area (Å²) in [6.07, 6.45) is 4.04. The molecule has 2 atom stereocenters. The molecule has 92 valence electrons. The number of aliphatic hydroxyl groups excluding tert-OH is 1. The number of hydrogen-bond donors (Lipinski definition) is 4. The summed E-state index contributed by atoms with van der Waals surface area (Å²) in [5.74, 6) is -1.95. The minimum Gasteiger partial charge on any atom is -0.379 e. The monoisotopic (exact) mass is 272 g/mol. The standard InChI is InChI=1S/C5H10N2O7P2/c8-5(3-7-2-1-6-4-7)15(9,10)14-16(11,12)13/h1-2,4-5,8H,3H2,(H,9,10)(H2,11,12,13). The van der Waals surface area contributed by atoms with Crippen molar-refractivity contribution in [1.82, 2.24) is 9.55 Å². The highest BCUT2D eigenvalue weighted by molar-refractivity contribution is 7.63. The van der Waals surface area contributed by atoms with Crippen LogP contribution in [0.2, 0.25) is 0 Å². The van der Waals surface area contributed by atoms with E-state index in [1.807, 2.05) is 0 Å². The molecule has 1 aromatic heterocycles. The molecule has 1 heterocycles. The third kappa shape index (κ3) is 4.15. The Morgan fingerprint density at radius 3 is 2.44 bits per heavy atom. The maximum absolute atomic E-state index is 11.2. The highest BCUT2D eigenvalue weighted by Crippen LogP contribution is 2.59. The number of phosphoric acid groups is 1. The van der Waals surface area contributed by atoms with Crippen LogP contribution in [0, 0.1) is 0 Å². The summed E-state index contributed by atoms with van der Waals surface area (Å²) in [5.41, 5.74) is 0. The van der Waals surface area contributed by atoms with Gasteiger partial charge in [0.1, 0.15) is 0 Å². The molecule has 1 aromatic rings. The molecule has 0 aliphatic carbocycles. The van der Waals surface area contributed by atoms with Gasteiger partial charge in [0.05, 0.1) is 12.9 Å². The lowest BCUT2D eigenvalue weighted by Crippen LogP contribution is -2.16. The molecule has 0 aromatic carbocycles. The molecule has 0 spiro atoms. The predicted octanol–water partition coefficient (Wildman–Crippen LogP) is -0.504. The zero-order valence-electron chi connectivity index (χ0n) is 7.82. The molecule has 0 aliphatic rings. The van der Waals surface area contributed by atoms with Crippen LogP contribution in [0.3, 0.4) is 0 Å². The second-order valence-electron chi connectivity index (χ2n) is 2.88. The van der Waals surface area contributed by atoms with Gasteiger partial charge >= 0.3 is 15.4 Å². The van der Waals surface area contributed by atoms with Crippen molar-refractivity contribution in [3.63, 3.8) is 0 Å². The molecule has 0 amide bonds. The maximum Gasteiger partial charge on any atom is 0.476 e. The van der Waals surface area contributed by atoms with Gasteiger partial charge in [-0.3, -0.25) is 4.57 Å². The summed E-state index contributed by atoms with van der Waals surface area (Å²) in [7, 11) is -9.93. The molecular weight excluding hydrogens is 262 g/mol. The van der Waals surface area contributed by atoms with Crippen LogP contribution in [-0.2, 0) is 20.0 Å². The Labute approximate surface area is 90.1 Å². The first-order valence-corrected chi connectivity index (χ1v) is 7.11. The lowest BCUT2D eigenvalue weighted by molar-refractivity contribution is 0.175. The lowest BCUT2D eigenvalue weighted by atomic mass is 10.6. The third-order valence-corrected chi connectivity index (χ3v) is 4.24. The first-order valence-electron chi connectivity index (χ1n) is 3.94. The third-order valence-electron chi connectivity index (χ3n) is 1.53. The number of hydrogen-bond acceptors (Lipinski definition) is 5. The molecule has 0 fully saturated rings. The Kier molecular flexibility index (Phi) is 4.03. The van der Waals surface area contributed by atoms with Gasteiger partial charge in [0.15, 0.2) is 5.85 Å². The second kappa shape index (κ2) is 4.77. The zero-order valence-corrected chi connectivity index (χ0v) is 9.61. The Morgan fingerprint density at radius 1 is 1.38 bits per heavy atom. The lowest BCUT2D eigenvalue weighted by Gasteiger charge is -2.18. The summed E-state index contributed by atoms with van der Waals surface area (Å²) in [4.78, 5) is 29.4. The van der Waals surface area contributed by atoms with Gasteiger partial charge in [-0.05, 0) is 0 Å². The molecule has 0 saturated heterocycles. The first kappa shape index (κ1) is 13.5. The van der Waals surface area contributed by atoms with E-state index in [2.05, 4.69) is 9.29 Å². The van der Waals surface area contributed by atoms with Crippen LogP contribution in [0.5, 0.6) is 0 Å². The highest BCUT2D eigenvalue weighted by atomic mass is 31.3. The minimum absolute atomic E-state index is 0.367. The average Bonchev–Trinajstić information content (AvgIpc) is 2.51. The predicted molar refractivity (Wildman–Crippen MR) is 51.2 cm³/mol. The van der Waals surface area contributed by atoms with Crippen molar-refractivity contribution in [2.24, 2.45) is 0 Å². The molecule has 1 rings (SSSR count). The van der Waals surface area contributed by atoms with Gasteiger partial charge in [-0.15, -0.1) is 0 Å². The van der Waals surface area contributed by atoms with Gasteiger partial charge < -0.3 is 24.4 Å². The highest BCUT2D eigenvalue weighted by Gasteiger charge is 2.38. The average molecular weight is 272 g/mol. The number of rotatable bonds is 5. The Morgan fingerprint density at radius 2 is 2.00 bits per heavy atom.